The molecular weight excluding hydrogens is 332 g/mol. The van der Waals surface area contributed by atoms with Crippen LogP contribution in [0.25, 0.3) is 0 Å². The molecule has 146 valence electrons. The van der Waals surface area contributed by atoms with Crippen molar-refractivity contribution in [3.63, 3.8) is 0 Å². The fraction of sp³-hybridized carbons (Fsp3) is 0.833. The highest BCUT2D eigenvalue weighted by molar-refractivity contribution is 5.80. The minimum atomic E-state index is 0.287. The van der Waals surface area contributed by atoms with E-state index in [4.69, 9.17) is 14.3 Å². The molecule has 1 unspecified atom stereocenters. The minimum Gasteiger partial charge on any atom is -0.379 e. The molecular formula is C18H32N6O2. The highest BCUT2D eigenvalue weighted by Gasteiger charge is 2.30. The lowest BCUT2D eigenvalue weighted by atomic mass is 10.2. The predicted molar refractivity (Wildman–Crippen MR) is 100 cm³/mol. The van der Waals surface area contributed by atoms with Gasteiger partial charge in [-0.05, 0) is 13.3 Å². The molecule has 8 nitrogen and oxygen atoms in total. The van der Waals surface area contributed by atoms with Crippen molar-refractivity contribution in [2.24, 2.45) is 4.99 Å². The Kier molecular flexibility index (Phi) is 6.85. The summed E-state index contributed by atoms with van der Waals surface area (Å²) in [6, 6.07) is 0.604. The van der Waals surface area contributed by atoms with E-state index in [1.54, 1.807) is 0 Å². The summed E-state index contributed by atoms with van der Waals surface area (Å²) < 4.78 is 10.8. The summed E-state index contributed by atoms with van der Waals surface area (Å²) in [5.74, 6) is 2.71. The summed E-state index contributed by atoms with van der Waals surface area (Å²) in [7, 11) is 0. The van der Waals surface area contributed by atoms with E-state index in [9.17, 15) is 0 Å². The largest absolute Gasteiger partial charge is 0.379 e. The van der Waals surface area contributed by atoms with Crippen molar-refractivity contribution < 1.29 is 9.26 Å². The van der Waals surface area contributed by atoms with Crippen LogP contribution in [0.3, 0.4) is 0 Å². The Morgan fingerprint density at radius 1 is 1.31 bits per heavy atom. The van der Waals surface area contributed by atoms with Crippen LogP contribution in [0.4, 0.5) is 0 Å². The van der Waals surface area contributed by atoms with Gasteiger partial charge in [-0.2, -0.15) is 4.98 Å². The van der Waals surface area contributed by atoms with Gasteiger partial charge in [-0.1, -0.05) is 19.0 Å². The maximum atomic E-state index is 5.47. The molecule has 3 heterocycles. The van der Waals surface area contributed by atoms with Gasteiger partial charge in [-0.25, -0.2) is 0 Å². The number of guanidine groups is 1. The molecule has 8 heteroatoms. The minimum absolute atomic E-state index is 0.287. The van der Waals surface area contributed by atoms with Crippen LogP contribution in [-0.4, -0.2) is 84.4 Å². The van der Waals surface area contributed by atoms with E-state index in [1.807, 2.05) is 0 Å². The smallest absolute Gasteiger partial charge is 0.228 e. The van der Waals surface area contributed by atoms with Crippen molar-refractivity contribution in [3.05, 3.63) is 11.7 Å². The Balaban J connectivity index is 1.53. The van der Waals surface area contributed by atoms with E-state index in [2.05, 4.69) is 46.0 Å². The molecule has 0 aliphatic carbocycles. The molecule has 0 bridgehead atoms. The highest BCUT2D eigenvalue weighted by atomic mass is 16.5. The van der Waals surface area contributed by atoms with Crippen molar-refractivity contribution in [2.75, 3.05) is 52.5 Å². The average Bonchev–Trinajstić information content (AvgIpc) is 3.32. The second-order valence-corrected chi connectivity index (χ2v) is 7.22. The van der Waals surface area contributed by atoms with Crippen LogP contribution >= 0.6 is 0 Å². The van der Waals surface area contributed by atoms with E-state index in [0.717, 1.165) is 57.7 Å². The number of aromatic nitrogens is 2. The second-order valence-electron chi connectivity index (χ2n) is 7.22. The molecule has 3 rings (SSSR count). The molecule has 0 saturated carbocycles. The average molecular weight is 364 g/mol. The molecule has 0 radical (unpaired) electrons. The van der Waals surface area contributed by atoms with Crippen LogP contribution in [0.5, 0.6) is 0 Å². The number of nitrogens with zero attached hydrogens (tertiary/aromatic N) is 5. The van der Waals surface area contributed by atoms with Crippen LogP contribution in [-0.2, 0) is 11.2 Å². The Labute approximate surface area is 156 Å². The molecule has 0 aromatic carbocycles. The predicted octanol–water partition coefficient (Wildman–Crippen LogP) is 1.11. The summed E-state index contributed by atoms with van der Waals surface area (Å²) in [5.41, 5.74) is 0. The van der Waals surface area contributed by atoms with E-state index < -0.39 is 0 Å². The SMILES string of the molecule is CCNC(=NCCc1nc(C(C)C)no1)N1CCC(N2CCOCC2)C1. The summed E-state index contributed by atoms with van der Waals surface area (Å²) in [5, 5.41) is 7.44. The van der Waals surface area contributed by atoms with Gasteiger partial charge in [0.2, 0.25) is 5.89 Å². The third-order valence-corrected chi connectivity index (χ3v) is 4.95. The third-order valence-electron chi connectivity index (χ3n) is 4.95. The Morgan fingerprint density at radius 3 is 2.81 bits per heavy atom. The maximum Gasteiger partial charge on any atom is 0.228 e. The first-order valence-electron chi connectivity index (χ1n) is 9.85. The van der Waals surface area contributed by atoms with Gasteiger partial charge in [-0.15, -0.1) is 0 Å². The zero-order chi connectivity index (χ0) is 18.4. The molecule has 1 aromatic heterocycles. The first kappa shape index (κ1) is 19.1. The van der Waals surface area contributed by atoms with Gasteiger partial charge in [0.1, 0.15) is 0 Å². The lowest BCUT2D eigenvalue weighted by molar-refractivity contribution is 0.0195. The zero-order valence-corrected chi connectivity index (χ0v) is 16.3. The number of ether oxygens (including phenoxy) is 1. The molecule has 2 saturated heterocycles. The van der Waals surface area contributed by atoms with Crippen molar-refractivity contribution in [1.82, 2.24) is 25.3 Å². The van der Waals surface area contributed by atoms with Gasteiger partial charge in [0, 0.05) is 51.1 Å². The highest BCUT2D eigenvalue weighted by Crippen LogP contribution is 2.17. The molecule has 2 aliphatic heterocycles. The first-order valence-corrected chi connectivity index (χ1v) is 9.85. The first-order chi connectivity index (χ1) is 12.7. The van der Waals surface area contributed by atoms with E-state index >= 15 is 0 Å². The molecule has 2 fully saturated rings. The van der Waals surface area contributed by atoms with Crippen molar-refractivity contribution in [1.29, 1.82) is 0 Å². The van der Waals surface area contributed by atoms with Crippen LogP contribution in [0.15, 0.2) is 9.52 Å². The van der Waals surface area contributed by atoms with Crippen LogP contribution in [0.2, 0.25) is 0 Å². The van der Waals surface area contributed by atoms with Gasteiger partial charge in [0.15, 0.2) is 11.8 Å². The lowest BCUT2D eigenvalue weighted by Gasteiger charge is -2.32. The molecule has 2 aliphatic rings. The zero-order valence-electron chi connectivity index (χ0n) is 16.3. The fourth-order valence-electron chi connectivity index (χ4n) is 3.46. The van der Waals surface area contributed by atoms with Crippen LogP contribution in [0.1, 0.15) is 44.8 Å². The van der Waals surface area contributed by atoms with E-state index in [1.165, 1.54) is 6.42 Å². The summed E-state index contributed by atoms with van der Waals surface area (Å²) in [4.78, 5) is 14.1. The summed E-state index contributed by atoms with van der Waals surface area (Å²) >= 11 is 0. The lowest BCUT2D eigenvalue weighted by Crippen LogP contribution is -2.46. The summed E-state index contributed by atoms with van der Waals surface area (Å²) in [6.45, 7) is 13.6. The van der Waals surface area contributed by atoms with Crippen molar-refractivity contribution in [2.45, 2.75) is 45.6 Å². The monoisotopic (exact) mass is 364 g/mol. The fourth-order valence-corrected chi connectivity index (χ4v) is 3.46. The van der Waals surface area contributed by atoms with Gasteiger partial charge >= 0.3 is 0 Å². The van der Waals surface area contributed by atoms with Gasteiger partial charge in [0.25, 0.3) is 0 Å². The molecule has 26 heavy (non-hydrogen) atoms. The standard InChI is InChI=1S/C18H32N6O2/c1-4-19-18(20-7-5-16-21-17(14(2)3)22-26-16)24-8-6-15(13-24)23-9-11-25-12-10-23/h14-15H,4-13H2,1-3H3,(H,19,20). The summed E-state index contributed by atoms with van der Waals surface area (Å²) in [6.07, 6.45) is 1.86. The number of nitrogens with one attached hydrogen (secondary N) is 1. The van der Waals surface area contributed by atoms with Gasteiger partial charge in [0.05, 0.1) is 19.8 Å². The Bertz CT molecular complexity index is 582. The number of aliphatic imine (C=N–C) groups is 1. The maximum absolute atomic E-state index is 5.47. The quantitative estimate of drug-likeness (QED) is 0.598. The van der Waals surface area contributed by atoms with Crippen LogP contribution < -0.4 is 5.32 Å². The molecule has 1 aromatic rings. The normalized spacial score (nSPS) is 22.4. The second kappa shape index (κ2) is 9.32. The number of hydrogen-bond acceptors (Lipinski definition) is 6. The topological polar surface area (TPSA) is 79.0 Å². The number of hydrogen-bond donors (Lipinski definition) is 1. The molecule has 0 amide bonds. The van der Waals surface area contributed by atoms with Gasteiger partial charge < -0.3 is 19.5 Å². The molecule has 1 N–H and O–H groups in total. The molecule has 1 atom stereocenters. The Hall–Kier alpha value is -1.67. The van der Waals surface area contributed by atoms with E-state index in [-0.39, 0.29) is 5.92 Å². The number of rotatable bonds is 6. The van der Waals surface area contributed by atoms with Crippen LogP contribution in [0, 0.1) is 0 Å². The van der Waals surface area contributed by atoms with Gasteiger partial charge in [-0.3, -0.25) is 9.89 Å². The number of likely N-dealkylation sites (tertiary alicyclic amines) is 1. The van der Waals surface area contributed by atoms with Crippen molar-refractivity contribution in [3.8, 4) is 0 Å². The third kappa shape index (κ3) is 4.94. The molecule has 0 spiro atoms. The number of morpholine rings is 1. The van der Waals surface area contributed by atoms with Crippen molar-refractivity contribution >= 4 is 5.96 Å². The Morgan fingerprint density at radius 2 is 2.12 bits per heavy atom. The van der Waals surface area contributed by atoms with E-state index in [0.29, 0.717) is 24.9 Å².